The number of halogens is 4. The van der Waals surface area contributed by atoms with Crippen LogP contribution in [0.25, 0.3) is 21.7 Å². The third-order valence-electron chi connectivity index (χ3n) is 3.80. The van der Waals surface area contributed by atoms with E-state index in [1.165, 1.54) is 14.2 Å². The number of methoxy groups -OCH3 is 2. The molecular weight excluding hydrogens is 414 g/mol. The molecule has 0 saturated carbocycles. The third kappa shape index (κ3) is 4.41. The molecule has 0 unspecified atom stereocenters. The molecule has 0 N–H and O–H groups in total. The van der Waals surface area contributed by atoms with E-state index in [1.807, 2.05) is 0 Å². The van der Waals surface area contributed by atoms with E-state index in [0.29, 0.717) is 27.6 Å². The van der Waals surface area contributed by atoms with E-state index in [4.69, 9.17) is 9.47 Å². The molecule has 0 aliphatic heterocycles. The summed E-state index contributed by atoms with van der Waals surface area (Å²) in [6, 6.07) is 13.9. The summed E-state index contributed by atoms with van der Waals surface area (Å²) < 4.78 is 62.4. The van der Waals surface area contributed by atoms with Crippen molar-refractivity contribution < 1.29 is 27.0 Å². The van der Waals surface area contributed by atoms with Crippen LogP contribution >= 0.6 is 23.1 Å². The number of nitrogens with zero attached hydrogens (tertiary/aromatic N) is 1. The largest absolute Gasteiger partial charge is 0.497 e. The molecule has 0 fully saturated rings. The Kier molecular flexibility index (Phi) is 6.14. The lowest BCUT2D eigenvalue weighted by Crippen LogP contribution is -2.21. The van der Waals surface area contributed by atoms with E-state index >= 15 is 0 Å². The first kappa shape index (κ1) is 20.5. The summed E-state index contributed by atoms with van der Waals surface area (Å²) in [5, 5.41) is -4.22. The fourth-order valence-electron chi connectivity index (χ4n) is 2.39. The van der Waals surface area contributed by atoms with Crippen LogP contribution in [0.1, 0.15) is 0 Å². The predicted molar refractivity (Wildman–Crippen MR) is 103 cm³/mol. The number of ether oxygens (including phenoxy) is 2. The van der Waals surface area contributed by atoms with Gasteiger partial charge >= 0.3 is 11.7 Å². The predicted octanol–water partition coefficient (Wildman–Crippen LogP) is 6.44. The van der Waals surface area contributed by atoms with Crippen molar-refractivity contribution in [2.75, 3.05) is 14.2 Å². The second-order valence-corrected chi connectivity index (χ2v) is 7.97. The maximum Gasteiger partial charge on any atom is 0.359 e. The summed E-state index contributed by atoms with van der Waals surface area (Å²) in [4.78, 5) is 4.82. The van der Waals surface area contributed by atoms with E-state index in [0.717, 1.165) is 16.9 Å². The molecule has 1 heterocycles. The number of thiazole rings is 1. The van der Waals surface area contributed by atoms with Gasteiger partial charge in [-0.1, -0.05) is 0 Å². The Morgan fingerprint density at radius 1 is 0.893 bits per heavy atom. The van der Waals surface area contributed by atoms with Crippen LogP contribution in [0.2, 0.25) is 0 Å². The van der Waals surface area contributed by atoms with Crippen molar-refractivity contribution in [3.8, 4) is 33.2 Å². The van der Waals surface area contributed by atoms with Crippen molar-refractivity contribution in [1.82, 2.24) is 4.98 Å². The Hall–Kier alpha value is -2.26. The quantitative estimate of drug-likeness (QED) is 0.319. The van der Waals surface area contributed by atoms with Crippen molar-refractivity contribution in [3.05, 3.63) is 48.5 Å². The lowest BCUT2D eigenvalue weighted by Gasteiger charge is -2.11. The average molecular weight is 429 g/mol. The van der Waals surface area contributed by atoms with Gasteiger partial charge in [0.1, 0.15) is 11.5 Å². The molecule has 1 aromatic heterocycles. The molecule has 148 valence electrons. The lowest BCUT2D eigenvalue weighted by atomic mass is 10.1. The highest BCUT2D eigenvalue weighted by Gasteiger charge is 2.43. The zero-order valence-electron chi connectivity index (χ0n) is 14.8. The number of hydrogen-bond donors (Lipinski definition) is 0. The van der Waals surface area contributed by atoms with Crippen LogP contribution in [0.3, 0.4) is 0 Å². The smallest absolute Gasteiger partial charge is 0.359 e. The molecule has 9 heteroatoms. The minimum absolute atomic E-state index is 0.137. The third-order valence-corrected chi connectivity index (χ3v) is 5.92. The minimum atomic E-state index is -4.22. The van der Waals surface area contributed by atoms with Gasteiger partial charge in [-0.15, -0.1) is 11.3 Å². The van der Waals surface area contributed by atoms with Crippen LogP contribution in [0, 0.1) is 0 Å². The maximum atomic E-state index is 13.5. The number of benzene rings is 2. The van der Waals surface area contributed by atoms with Crippen molar-refractivity contribution in [2.45, 2.75) is 16.0 Å². The first-order chi connectivity index (χ1) is 13.3. The summed E-state index contributed by atoms with van der Waals surface area (Å²) >= 11 is 0.710. The fraction of sp³-hybridized carbons (Fsp3) is 0.211. The van der Waals surface area contributed by atoms with E-state index in [1.54, 1.807) is 48.5 Å². The van der Waals surface area contributed by atoms with Gasteiger partial charge in [0, 0.05) is 5.56 Å². The molecule has 2 aromatic carbocycles. The molecule has 28 heavy (non-hydrogen) atoms. The summed E-state index contributed by atoms with van der Waals surface area (Å²) in [7, 11) is 3.06. The number of thioether (sulfide) groups is 1. The van der Waals surface area contributed by atoms with Crippen LogP contribution in [-0.2, 0) is 0 Å². The average Bonchev–Trinajstić information content (AvgIpc) is 3.11. The van der Waals surface area contributed by atoms with Crippen molar-refractivity contribution in [2.24, 2.45) is 0 Å². The van der Waals surface area contributed by atoms with Gasteiger partial charge < -0.3 is 9.47 Å². The van der Waals surface area contributed by atoms with E-state index in [-0.39, 0.29) is 16.1 Å². The molecule has 3 nitrogen and oxygen atoms in total. The highest BCUT2D eigenvalue weighted by atomic mass is 32.2. The van der Waals surface area contributed by atoms with Crippen LogP contribution in [0.15, 0.2) is 52.9 Å². The highest BCUT2D eigenvalue weighted by molar-refractivity contribution is 8.02. The second kappa shape index (κ2) is 8.40. The van der Waals surface area contributed by atoms with Crippen LogP contribution < -0.4 is 9.47 Å². The molecule has 0 bridgehead atoms. The summed E-state index contributed by atoms with van der Waals surface area (Å²) in [6.45, 7) is 0. The minimum Gasteiger partial charge on any atom is -0.497 e. The fourth-order valence-corrected chi connectivity index (χ4v) is 4.42. The van der Waals surface area contributed by atoms with Crippen molar-refractivity contribution in [3.63, 3.8) is 0 Å². The topological polar surface area (TPSA) is 31.4 Å². The summed E-state index contributed by atoms with van der Waals surface area (Å²) in [5.74, 6) is 1.27. The Morgan fingerprint density at radius 2 is 1.39 bits per heavy atom. The molecular formula is C19H15F4NO2S2. The first-order valence-corrected chi connectivity index (χ1v) is 9.62. The molecule has 0 spiro atoms. The van der Waals surface area contributed by atoms with E-state index in [9.17, 15) is 17.6 Å². The molecule has 3 aromatic rings. The molecule has 0 atom stereocenters. The molecule has 0 saturated heterocycles. The zero-order chi connectivity index (χ0) is 20.3. The van der Waals surface area contributed by atoms with Gasteiger partial charge in [-0.2, -0.15) is 8.78 Å². The van der Waals surface area contributed by atoms with Gasteiger partial charge in [0.25, 0.3) is 0 Å². The van der Waals surface area contributed by atoms with Crippen LogP contribution in [0.5, 0.6) is 11.5 Å². The summed E-state index contributed by atoms with van der Waals surface area (Å²) in [5.41, 5.74) is 1.82. The monoisotopic (exact) mass is 429 g/mol. The standard InChI is InChI=1S/C19H15F4NO2S2/c1-25-13-7-3-11(4-8-13)15-16(12-5-9-14(26-2)10-6-12)27-18(24-15)28-19(22,23)17(20)21/h3-10,17H,1-2H3. The van der Waals surface area contributed by atoms with Gasteiger partial charge in [0.2, 0.25) is 0 Å². The normalized spacial score (nSPS) is 11.7. The van der Waals surface area contributed by atoms with Gasteiger partial charge in [-0.25, -0.2) is 13.8 Å². The highest BCUT2D eigenvalue weighted by Crippen LogP contribution is 2.47. The Bertz CT molecular complexity index is 863. The zero-order valence-corrected chi connectivity index (χ0v) is 16.4. The van der Waals surface area contributed by atoms with Gasteiger partial charge in [-0.05, 0) is 65.9 Å². The number of rotatable bonds is 7. The number of aromatic nitrogens is 1. The van der Waals surface area contributed by atoms with E-state index < -0.39 is 11.7 Å². The van der Waals surface area contributed by atoms with Gasteiger partial charge in [0.15, 0.2) is 4.34 Å². The molecule has 3 rings (SSSR count). The van der Waals surface area contributed by atoms with Crippen molar-refractivity contribution >= 4 is 23.1 Å². The molecule has 0 amide bonds. The van der Waals surface area contributed by atoms with Crippen LogP contribution in [-0.4, -0.2) is 30.9 Å². The maximum absolute atomic E-state index is 13.5. The summed E-state index contributed by atoms with van der Waals surface area (Å²) in [6.07, 6.45) is -3.78. The Morgan fingerprint density at radius 3 is 1.86 bits per heavy atom. The lowest BCUT2D eigenvalue weighted by molar-refractivity contribution is -0.0563. The van der Waals surface area contributed by atoms with Gasteiger partial charge in [-0.3, -0.25) is 0 Å². The van der Waals surface area contributed by atoms with Gasteiger partial charge in [0.05, 0.1) is 24.8 Å². The second-order valence-electron chi connectivity index (χ2n) is 5.58. The Labute approximate surface area is 167 Å². The van der Waals surface area contributed by atoms with E-state index in [2.05, 4.69) is 4.98 Å². The van der Waals surface area contributed by atoms with Crippen LogP contribution in [0.4, 0.5) is 17.6 Å². The Balaban J connectivity index is 2.06. The SMILES string of the molecule is COc1ccc(-c2nc(SC(F)(F)C(F)F)sc2-c2ccc(OC)cc2)cc1. The number of hydrogen-bond acceptors (Lipinski definition) is 5. The number of alkyl halides is 4. The molecule has 0 aliphatic rings. The van der Waals surface area contributed by atoms with Crippen molar-refractivity contribution in [1.29, 1.82) is 0 Å². The first-order valence-electron chi connectivity index (χ1n) is 7.98. The molecule has 0 radical (unpaired) electrons. The molecule has 0 aliphatic carbocycles.